The standard InChI is InChI=1S/C21H19F2N5O3/c1-13(19(29)25-16-5-4-14(22)11-15(16)23)27-6-8-28(9-7-27)21-17(12-24)26-20(31-21)18-3-2-10-30-18/h2-5,10-11,13H,6-9H2,1H3,(H,25,29). The first-order valence-electron chi connectivity index (χ1n) is 9.66. The minimum Gasteiger partial charge on any atom is -0.459 e. The van der Waals surface area contributed by atoms with E-state index in [0.717, 1.165) is 12.1 Å². The Bertz CT molecular complexity index is 1110. The summed E-state index contributed by atoms with van der Waals surface area (Å²) >= 11 is 0. The highest BCUT2D eigenvalue weighted by Crippen LogP contribution is 2.29. The van der Waals surface area contributed by atoms with Crippen LogP contribution < -0.4 is 10.2 Å². The summed E-state index contributed by atoms with van der Waals surface area (Å²) in [6.07, 6.45) is 1.49. The maximum atomic E-state index is 13.8. The first kappa shape index (κ1) is 20.6. The fraction of sp³-hybridized carbons (Fsp3) is 0.286. The smallest absolute Gasteiger partial charge is 0.266 e. The normalized spacial score (nSPS) is 15.5. The first-order valence-corrected chi connectivity index (χ1v) is 9.66. The van der Waals surface area contributed by atoms with E-state index in [-0.39, 0.29) is 17.3 Å². The third-order valence-corrected chi connectivity index (χ3v) is 5.16. The molecule has 8 nitrogen and oxygen atoms in total. The van der Waals surface area contributed by atoms with Gasteiger partial charge in [-0.2, -0.15) is 10.2 Å². The van der Waals surface area contributed by atoms with Crippen molar-refractivity contribution in [3.05, 3.63) is 53.9 Å². The molecule has 10 heteroatoms. The molecule has 1 atom stereocenters. The predicted octanol–water partition coefficient (Wildman–Crippen LogP) is 3.23. The molecule has 0 aliphatic carbocycles. The molecule has 0 spiro atoms. The molecular formula is C21H19F2N5O3. The highest BCUT2D eigenvalue weighted by molar-refractivity contribution is 5.94. The van der Waals surface area contributed by atoms with Crippen LogP contribution in [0, 0.1) is 23.0 Å². The summed E-state index contributed by atoms with van der Waals surface area (Å²) in [5, 5.41) is 11.9. The second-order valence-electron chi connectivity index (χ2n) is 7.07. The average Bonchev–Trinajstić information content (AvgIpc) is 3.45. The van der Waals surface area contributed by atoms with E-state index in [9.17, 15) is 18.8 Å². The molecule has 2 aromatic heterocycles. The summed E-state index contributed by atoms with van der Waals surface area (Å²) in [6.45, 7) is 3.76. The fourth-order valence-electron chi connectivity index (χ4n) is 3.41. The number of furan rings is 1. The van der Waals surface area contributed by atoms with Crippen molar-refractivity contribution in [3.63, 3.8) is 0 Å². The molecule has 3 heterocycles. The van der Waals surface area contributed by atoms with E-state index >= 15 is 0 Å². The largest absolute Gasteiger partial charge is 0.459 e. The number of benzene rings is 1. The number of nitrogens with zero attached hydrogens (tertiary/aromatic N) is 4. The van der Waals surface area contributed by atoms with Crippen LogP contribution in [0.3, 0.4) is 0 Å². The van der Waals surface area contributed by atoms with Gasteiger partial charge in [0, 0.05) is 32.2 Å². The van der Waals surface area contributed by atoms with E-state index in [1.165, 1.54) is 12.3 Å². The molecule has 1 aromatic carbocycles. The van der Waals surface area contributed by atoms with E-state index in [2.05, 4.69) is 10.3 Å². The van der Waals surface area contributed by atoms with Crippen LogP contribution in [-0.2, 0) is 4.79 Å². The van der Waals surface area contributed by atoms with Gasteiger partial charge in [0.05, 0.1) is 18.0 Å². The predicted molar refractivity (Wildman–Crippen MR) is 107 cm³/mol. The van der Waals surface area contributed by atoms with Crippen molar-refractivity contribution in [2.75, 3.05) is 36.4 Å². The third kappa shape index (κ3) is 4.27. The molecule has 0 radical (unpaired) electrons. The molecule has 1 fully saturated rings. The Morgan fingerprint density at radius 1 is 1.26 bits per heavy atom. The van der Waals surface area contributed by atoms with Gasteiger partial charge in [-0.3, -0.25) is 9.69 Å². The van der Waals surface area contributed by atoms with Crippen molar-refractivity contribution in [3.8, 4) is 17.7 Å². The van der Waals surface area contributed by atoms with Gasteiger partial charge in [-0.25, -0.2) is 8.78 Å². The van der Waals surface area contributed by atoms with E-state index in [1.54, 1.807) is 19.1 Å². The topological polar surface area (TPSA) is 98.5 Å². The first-order chi connectivity index (χ1) is 15.0. The van der Waals surface area contributed by atoms with Gasteiger partial charge >= 0.3 is 0 Å². The zero-order valence-corrected chi connectivity index (χ0v) is 16.6. The van der Waals surface area contributed by atoms with Gasteiger partial charge < -0.3 is 19.1 Å². The number of hydrogen-bond acceptors (Lipinski definition) is 7. The third-order valence-electron chi connectivity index (χ3n) is 5.16. The molecular weight excluding hydrogens is 408 g/mol. The van der Waals surface area contributed by atoms with Crippen molar-refractivity contribution in [1.29, 1.82) is 5.26 Å². The number of carbonyl (C=O) groups is 1. The van der Waals surface area contributed by atoms with Crippen LogP contribution >= 0.6 is 0 Å². The Balaban J connectivity index is 1.39. The van der Waals surface area contributed by atoms with Crippen molar-refractivity contribution < 1.29 is 22.4 Å². The quantitative estimate of drug-likeness (QED) is 0.667. The molecule has 4 rings (SSSR count). The number of oxazole rings is 1. The molecule has 0 saturated carbocycles. The Morgan fingerprint density at radius 2 is 2.03 bits per heavy atom. The van der Waals surface area contributed by atoms with Crippen LogP contribution in [0.4, 0.5) is 20.4 Å². The fourth-order valence-corrected chi connectivity index (χ4v) is 3.41. The average molecular weight is 427 g/mol. The molecule has 1 saturated heterocycles. The molecule has 0 bridgehead atoms. The lowest BCUT2D eigenvalue weighted by molar-refractivity contribution is -0.120. The molecule has 1 N–H and O–H groups in total. The van der Waals surface area contributed by atoms with Crippen LogP contribution in [0.1, 0.15) is 12.6 Å². The van der Waals surface area contributed by atoms with Crippen molar-refractivity contribution in [1.82, 2.24) is 9.88 Å². The number of halogens is 2. The van der Waals surface area contributed by atoms with Crippen molar-refractivity contribution >= 4 is 17.5 Å². The zero-order valence-electron chi connectivity index (χ0n) is 16.6. The summed E-state index contributed by atoms with van der Waals surface area (Å²) in [4.78, 5) is 20.5. The number of aromatic nitrogens is 1. The van der Waals surface area contributed by atoms with Gasteiger partial charge in [0.25, 0.3) is 5.89 Å². The highest BCUT2D eigenvalue weighted by atomic mass is 19.1. The van der Waals surface area contributed by atoms with Gasteiger partial charge in [-0.1, -0.05) is 0 Å². The minimum absolute atomic E-state index is 0.0670. The summed E-state index contributed by atoms with van der Waals surface area (Å²) < 4.78 is 37.9. The number of hydrogen-bond donors (Lipinski definition) is 1. The zero-order chi connectivity index (χ0) is 22.0. The van der Waals surface area contributed by atoms with Gasteiger partial charge in [0.1, 0.15) is 17.7 Å². The second-order valence-corrected chi connectivity index (χ2v) is 7.07. The Kier molecular flexibility index (Phi) is 5.68. The summed E-state index contributed by atoms with van der Waals surface area (Å²) in [5.41, 5.74) is 0.0973. The van der Waals surface area contributed by atoms with Crippen LogP contribution in [0.2, 0.25) is 0 Å². The van der Waals surface area contributed by atoms with Gasteiger partial charge in [-0.05, 0) is 31.2 Å². The van der Waals surface area contributed by atoms with Crippen LogP contribution in [0.25, 0.3) is 11.7 Å². The lowest BCUT2D eigenvalue weighted by Gasteiger charge is -2.37. The number of piperazine rings is 1. The number of nitriles is 1. The maximum Gasteiger partial charge on any atom is 0.266 e. The molecule has 3 aromatic rings. The molecule has 1 aliphatic rings. The molecule has 31 heavy (non-hydrogen) atoms. The van der Waals surface area contributed by atoms with Crippen molar-refractivity contribution in [2.24, 2.45) is 0 Å². The number of carbonyl (C=O) groups excluding carboxylic acids is 1. The van der Waals surface area contributed by atoms with Crippen molar-refractivity contribution in [2.45, 2.75) is 13.0 Å². The molecule has 160 valence electrons. The van der Waals surface area contributed by atoms with E-state index in [4.69, 9.17) is 8.83 Å². The summed E-state index contributed by atoms with van der Waals surface area (Å²) in [7, 11) is 0. The Hall–Kier alpha value is -3.71. The Labute approximate surface area is 176 Å². The highest BCUT2D eigenvalue weighted by Gasteiger charge is 2.29. The number of amides is 1. The number of anilines is 2. The number of nitrogens with one attached hydrogen (secondary N) is 1. The van der Waals surface area contributed by atoms with Gasteiger partial charge in [0.2, 0.25) is 17.5 Å². The SMILES string of the molecule is CC(C(=O)Nc1ccc(F)cc1F)N1CCN(c2oc(-c3ccco3)nc2C#N)CC1. The second kappa shape index (κ2) is 8.57. The number of rotatable bonds is 5. The van der Waals surface area contributed by atoms with E-state index in [0.29, 0.717) is 37.8 Å². The van der Waals surface area contributed by atoms with E-state index < -0.39 is 23.6 Å². The molecule has 1 unspecified atom stereocenters. The van der Waals surface area contributed by atoms with Gasteiger partial charge in [0.15, 0.2) is 5.76 Å². The minimum atomic E-state index is -0.827. The molecule has 1 amide bonds. The lowest BCUT2D eigenvalue weighted by atomic mass is 10.2. The molecule has 1 aliphatic heterocycles. The van der Waals surface area contributed by atoms with Crippen LogP contribution in [0.5, 0.6) is 0 Å². The monoisotopic (exact) mass is 427 g/mol. The maximum absolute atomic E-state index is 13.8. The van der Waals surface area contributed by atoms with Crippen LogP contribution in [0.15, 0.2) is 45.4 Å². The van der Waals surface area contributed by atoms with E-state index in [1.807, 2.05) is 15.9 Å². The summed E-state index contributed by atoms with van der Waals surface area (Å²) in [6, 6.07) is 7.90. The lowest BCUT2D eigenvalue weighted by Crippen LogP contribution is -2.53. The van der Waals surface area contributed by atoms with Gasteiger partial charge in [-0.15, -0.1) is 0 Å². The summed E-state index contributed by atoms with van der Waals surface area (Å²) in [5.74, 6) is -0.908. The Morgan fingerprint density at radius 3 is 2.68 bits per heavy atom. The van der Waals surface area contributed by atoms with Crippen LogP contribution in [-0.4, -0.2) is 48.0 Å².